The number of hydrogen-bond donors (Lipinski definition) is 0. The molecule has 0 N–H and O–H groups in total. The number of pyridine rings is 1. The number of nitrogens with zero attached hydrogens (tertiary/aromatic N) is 1. The summed E-state index contributed by atoms with van der Waals surface area (Å²) in [6.45, 7) is 3.31. The summed E-state index contributed by atoms with van der Waals surface area (Å²) in [5, 5.41) is 10.8. The summed E-state index contributed by atoms with van der Waals surface area (Å²) < 4.78 is 0.707. The van der Waals surface area contributed by atoms with Crippen molar-refractivity contribution in [3.63, 3.8) is 0 Å². The fourth-order valence-corrected chi connectivity index (χ4v) is 0.616. The minimum Gasteiger partial charge on any atom is -0.618 e. The summed E-state index contributed by atoms with van der Waals surface area (Å²) in [6, 6.07) is 5.06. The summed E-state index contributed by atoms with van der Waals surface area (Å²) in [4.78, 5) is 0. The van der Waals surface area contributed by atoms with Crippen LogP contribution in [0.25, 0.3) is 0 Å². The van der Waals surface area contributed by atoms with Crippen LogP contribution >= 0.6 is 0 Å². The molecular formula is C8H6NO. The molecule has 0 aliphatic rings. The first-order valence-electron chi connectivity index (χ1n) is 2.81. The fourth-order valence-electron chi connectivity index (χ4n) is 0.616. The van der Waals surface area contributed by atoms with Crippen molar-refractivity contribution in [3.05, 3.63) is 42.2 Å². The zero-order chi connectivity index (χ0) is 7.40. The average molecular weight is 132 g/mol. The lowest BCUT2D eigenvalue weighted by atomic mass is 10.3. The highest BCUT2D eigenvalue weighted by Gasteiger charge is 1.94. The minimum absolute atomic E-state index is 0.428. The zero-order valence-electron chi connectivity index (χ0n) is 5.37. The van der Waals surface area contributed by atoms with Crippen LogP contribution in [0.1, 0.15) is 5.69 Å². The van der Waals surface area contributed by atoms with Crippen molar-refractivity contribution in [2.24, 2.45) is 0 Å². The van der Waals surface area contributed by atoms with E-state index in [4.69, 9.17) is 0 Å². The van der Waals surface area contributed by atoms with Gasteiger partial charge in [0.2, 0.25) is 0 Å². The highest BCUT2D eigenvalue weighted by molar-refractivity contribution is 5.23. The van der Waals surface area contributed by atoms with Gasteiger partial charge >= 0.3 is 0 Å². The molecule has 0 aliphatic heterocycles. The van der Waals surface area contributed by atoms with Crippen molar-refractivity contribution in [1.82, 2.24) is 0 Å². The number of aromatic nitrogens is 1. The van der Waals surface area contributed by atoms with E-state index in [9.17, 15) is 5.21 Å². The first kappa shape index (κ1) is 6.63. The molecule has 1 heterocycles. The highest BCUT2D eigenvalue weighted by Crippen LogP contribution is 1.85. The lowest BCUT2D eigenvalue weighted by Gasteiger charge is -1.94. The number of hydrogen-bond acceptors (Lipinski definition) is 1. The maximum atomic E-state index is 10.8. The van der Waals surface area contributed by atoms with Crippen molar-refractivity contribution in [2.75, 3.05) is 0 Å². The second-order valence-corrected chi connectivity index (χ2v) is 1.71. The van der Waals surface area contributed by atoms with E-state index in [0.717, 1.165) is 0 Å². The van der Waals surface area contributed by atoms with Crippen molar-refractivity contribution < 1.29 is 4.73 Å². The highest BCUT2D eigenvalue weighted by atomic mass is 16.5. The van der Waals surface area contributed by atoms with Gasteiger partial charge in [0.1, 0.15) is 0 Å². The van der Waals surface area contributed by atoms with Gasteiger partial charge in [-0.2, -0.15) is 4.73 Å². The zero-order valence-corrected chi connectivity index (χ0v) is 5.37. The van der Waals surface area contributed by atoms with Gasteiger partial charge in [-0.25, -0.2) is 0 Å². The van der Waals surface area contributed by atoms with E-state index < -0.39 is 0 Å². The maximum Gasteiger partial charge on any atom is 0.268 e. The third-order valence-electron chi connectivity index (χ3n) is 1.04. The lowest BCUT2D eigenvalue weighted by molar-refractivity contribution is -0.608. The van der Waals surface area contributed by atoms with Gasteiger partial charge in [-0.05, 0) is 6.07 Å². The topological polar surface area (TPSA) is 26.9 Å². The molecule has 0 unspecified atom stereocenters. The molecule has 1 rings (SSSR count). The van der Waals surface area contributed by atoms with Gasteiger partial charge < -0.3 is 5.21 Å². The molecule has 0 fully saturated rings. The van der Waals surface area contributed by atoms with Crippen LogP contribution < -0.4 is 4.73 Å². The summed E-state index contributed by atoms with van der Waals surface area (Å²) in [7, 11) is 0. The molecule has 0 saturated heterocycles. The Morgan fingerprint density at radius 2 is 2.30 bits per heavy atom. The molecule has 0 atom stereocenters. The summed E-state index contributed by atoms with van der Waals surface area (Å²) in [5.74, 6) is 4.97. The standard InChI is InChI=1S/C8H6NO/c1-2-5-8-6-3-4-7-9(8)10/h3-4,6-7H,1H2. The Kier molecular flexibility index (Phi) is 1.91. The molecule has 0 amide bonds. The molecule has 0 bridgehead atoms. The lowest BCUT2D eigenvalue weighted by Crippen LogP contribution is -2.28. The predicted octanol–water partition coefficient (Wildman–Crippen LogP) is 0.506. The first-order valence-corrected chi connectivity index (χ1v) is 2.81. The molecule has 0 spiro atoms. The van der Waals surface area contributed by atoms with Crippen LogP contribution in [0.15, 0.2) is 24.4 Å². The van der Waals surface area contributed by atoms with Gasteiger partial charge in [0.15, 0.2) is 6.20 Å². The first-order chi connectivity index (χ1) is 4.84. The van der Waals surface area contributed by atoms with E-state index in [1.807, 2.05) is 0 Å². The molecule has 1 aromatic heterocycles. The molecule has 1 aromatic rings. The molecule has 0 saturated carbocycles. The Labute approximate surface area is 59.7 Å². The van der Waals surface area contributed by atoms with Crippen molar-refractivity contribution in [1.29, 1.82) is 0 Å². The average Bonchev–Trinajstić information content (AvgIpc) is 1.94. The molecule has 0 aromatic carbocycles. The normalized spacial score (nSPS) is 8.10. The molecule has 0 aliphatic carbocycles. The quantitative estimate of drug-likeness (QED) is 0.287. The van der Waals surface area contributed by atoms with E-state index in [1.54, 1.807) is 18.2 Å². The van der Waals surface area contributed by atoms with Gasteiger partial charge in [-0.3, -0.25) is 0 Å². The van der Waals surface area contributed by atoms with Crippen LogP contribution in [0, 0.1) is 24.0 Å². The van der Waals surface area contributed by atoms with E-state index in [-0.39, 0.29) is 0 Å². The Morgan fingerprint density at radius 3 is 2.90 bits per heavy atom. The molecular weight excluding hydrogens is 126 g/mol. The molecule has 10 heavy (non-hydrogen) atoms. The van der Waals surface area contributed by atoms with Crippen LogP contribution in [0.3, 0.4) is 0 Å². The third kappa shape index (κ3) is 1.26. The largest absolute Gasteiger partial charge is 0.618 e. The fraction of sp³-hybridized carbons (Fsp3) is 0. The smallest absolute Gasteiger partial charge is 0.268 e. The summed E-state index contributed by atoms with van der Waals surface area (Å²) in [6.07, 6.45) is 1.40. The SMILES string of the molecule is [CH2]C#Cc1cccc[n+]1[O-]. The Morgan fingerprint density at radius 1 is 1.50 bits per heavy atom. The van der Waals surface area contributed by atoms with E-state index in [2.05, 4.69) is 18.8 Å². The van der Waals surface area contributed by atoms with Gasteiger partial charge in [0.25, 0.3) is 5.69 Å². The van der Waals surface area contributed by atoms with E-state index in [1.165, 1.54) is 6.20 Å². The maximum absolute atomic E-state index is 10.8. The van der Waals surface area contributed by atoms with Crippen LogP contribution in [-0.4, -0.2) is 0 Å². The summed E-state index contributed by atoms with van der Waals surface area (Å²) >= 11 is 0. The Hall–Kier alpha value is -1.49. The Bertz CT molecular complexity index is 283. The van der Waals surface area contributed by atoms with Crippen LogP contribution in [0.4, 0.5) is 0 Å². The Balaban J connectivity index is 3.11. The second-order valence-electron chi connectivity index (χ2n) is 1.71. The van der Waals surface area contributed by atoms with Crippen LogP contribution in [0.5, 0.6) is 0 Å². The van der Waals surface area contributed by atoms with Crippen molar-refractivity contribution >= 4 is 0 Å². The molecule has 2 nitrogen and oxygen atoms in total. The second kappa shape index (κ2) is 2.88. The van der Waals surface area contributed by atoms with Gasteiger partial charge in [-0.15, -0.1) is 0 Å². The summed E-state index contributed by atoms with van der Waals surface area (Å²) in [5.41, 5.74) is 0.428. The third-order valence-corrected chi connectivity index (χ3v) is 1.04. The molecule has 49 valence electrons. The molecule has 2 heteroatoms. The minimum atomic E-state index is 0.428. The van der Waals surface area contributed by atoms with Crippen molar-refractivity contribution in [3.8, 4) is 11.8 Å². The van der Waals surface area contributed by atoms with Crippen LogP contribution in [-0.2, 0) is 0 Å². The molecule has 1 radical (unpaired) electrons. The van der Waals surface area contributed by atoms with Gasteiger partial charge in [-0.1, -0.05) is 5.92 Å². The van der Waals surface area contributed by atoms with E-state index in [0.29, 0.717) is 10.4 Å². The van der Waals surface area contributed by atoms with Gasteiger partial charge in [0.05, 0.1) is 0 Å². The number of rotatable bonds is 0. The van der Waals surface area contributed by atoms with Crippen molar-refractivity contribution in [2.45, 2.75) is 0 Å². The van der Waals surface area contributed by atoms with Crippen LogP contribution in [0.2, 0.25) is 0 Å². The van der Waals surface area contributed by atoms with Gasteiger partial charge in [0, 0.05) is 25.0 Å². The monoisotopic (exact) mass is 132 g/mol. The predicted molar refractivity (Wildman–Crippen MR) is 37.6 cm³/mol. The van der Waals surface area contributed by atoms with E-state index >= 15 is 0 Å².